The lowest BCUT2D eigenvalue weighted by molar-refractivity contribution is -0.176. The maximum atomic E-state index is 14.3. The number of rotatable bonds is 27. The average molecular weight is 685 g/mol. The molecular formula is C36H72N6O6. The minimum Gasteiger partial charge on any atom is -0.341 e. The van der Waals surface area contributed by atoms with E-state index in [2.05, 4.69) is 0 Å². The second-order valence-corrected chi connectivity index (χ2v) is 14.5. The molecule has 0 unspecified atom stereocenters. The number of amides is 2. The molecule has 48 heavy (non-hydrogen) atoms. The lowest BCUT2D eigenvalue weighted by atomic mass is 10.00. The summed E-state index contributed by atoms with van der Waals surface area (Å²) in [5, 5.41) is 0. The number of hydrogen-bond donors (Lipinski definition) is 4. The van der Waals surface area contributed by atoms with Crippen molar-refractivity contribution in [3.63, 3.8) is 0 Å². The van der Waals surface area contributed by atoms with Gasteiger partial charge in [-0.2, -0.15) is 0 Å². The summed E-state index contributed by atoms with van der Waals surface area (Å²) in [6, 6.07) is 0. The van der Waals surface area contributed by atoms with E-state index in [1.165, 1.54) is 0 Å². The predicted octanol–water partition coefficient (Wildman–Crippen LogP) is 3.76. The number of nitrogens with zero attached hydrogens (tertiary/aromatic N) is 2. The molecule has 2 aliphatic rings. The van der Waals surface area contributed by atoms with Crippen molar-refractivity contribution in [2.75, 3.05) is 52.4 Å². The maximum absolute atomic E-state index is 14.3. The molecule has 2 fully saturated rings. The standard InChI is InChI=1S/C36H72N6O6/c1-35(2)45-29(31(47-35)33(43)41(25-17-9-5-13-21-37)26-18-10-6-14-22-38)30-32(48-36(3,4)46-30)34(44)42(27-19-11-7-15-23-39)28-20-12-8-16-24-40/h29-32H,5-28,37-40H2,1-4H3/t29-,30+,31+,32-. The van der Waals surface area contributed by atoms with E-state index < -0.39 is 36.0 Å². The summed E-state index contributed by atoms with van der Waals surface area (Å²) in [6.45, 7) is 12.5. The third kappa shape index (κ3) is 15.2. The summed E-state index contributed by atoms with van der Waals surface area (Å²) < 4.78 is 25.6. The highest BCUT2D eigenvalue weighted by Crippen LogP contribution is 2.40. The van der Waals surface area contributed by atoms with Crippen LogP contribution in [0.2, 0.25) is 0 Å². The van der Waals surface area contributed by atoms with Crippen LogP contribution < -0.4 is 22.9 Å². The van der Waals surface area contributed by atoms with Crippen molar-refractivity contribution in [1.29, 1.82) is 0 Å². The number of ether oxygens (including phenoxy) is 4. The van der Waals surface area contributed by atoms with E-state index in [4.69, 9.17) is 41.9 Å². The Hall–Kier alpha value is -1.38. The van der Waals surface area contributed by atoms with Gasteiger partial charge in [-0.3, -0.25) is 9.59 Å². The van der Waals surface area contributed by atoms with Gasteiger partial charge in [0.15, 0.2) is 23.8 Å². The Kier molecular flexibility index (Phi) is 20.6. The third-order valence-corrected chi connectivity index (χ3v) is 9.22. The van der Waals surface area contributed by atoms with Crippen molar-refractivity contribution in [2.45, 2.75) is 166 Å². The van der Waals surface area contributed by atoms with E-state index in [9.17, 15) is 9.59 Å². The first-order valence-corrected chi connectivity index (χ1v) is 19.1. The van der Waals surface area contributed by atoms with Gasteiger partial charge in [0.1, 0.15) is 12.2 Å². The Balaban J connectivity index is 2.27. The molecule has 0 aromatic heterocycles. The molecule has 0 bridgehead atoms. The van der Waals surface area contributed by atoms with E-state index in [1.807, 2.05) is 37.5 Å². The SMILES string of the molecule is CC1(C)O[C@H]([C@@H]2OC(C)(C)O[C@H]2C(=O)N(CCCCCCN)CCCCCCN)[C@@H](C(=O)N(CCCCCCN)CCCCCCN)O1. The summed E-state index contributed by atoms with van der Waals surface area (Å²) in [5.74, 6) is -2.32. The van der Waals surface area contributed by atoms with Crippen LogP contribution in [0.1, 0.15) is 130 Å². The Morgan fingerprint density at radius 1 is 0.438 bits per heavy atom. The molecule has 0 radical (unpaired) electrons. The van der Waals surface area contributed by atoms with Crippen molar-refractivity contribution >= 4 is 11.8 Å². The lowest BCUT2D eigenvalue weighted by Gasteiger charge is -2.31. The van der Waals surface area contributed by atoms with Crippen LogP contribution in [-0.4, -0.2) is 110 Å². The Bertz CT molecular complexity index is 795. The number of carbonyl (C=O) groups excluding carboxylic acids is 2. The van der Waals surface area contributed by atoms with E-state index in [-0.39, 0.29) is 11.8 Å². The molecule has 0 aromatic rings. The minimum atomic E-state index is -1.03. The number of nitrogens with two attached hydrogens (primary N) is 4. The second-order valence-electron chi connectivity index (χ2n) is 14.5. The fourth-order valence-corrected chi connectivity index (χ4v) is 6.67. The molecule has 8 N–H and O–H groups in total. The van der Waals surface area contributed by atoms with Gasteiger partial charge in [-0.05, 0) is 105 Å². The van der Waals surface area contributed by atoms with Gasteiger partial charge in [-0.1, -0.05) is 51.4 Å². The van der Waals surface area contributed by atoms with Gasteiger partial charge < -0.3 is 51.7 Å². The number of carbonyl (C=O) groups is 2. The van der Waals surface area contributed by atoms with Crippen LogP contribution in [0.4, 0.5) is 0 Å². The highest BCUT2D eigenvalue weighted by Gasteiger charge is 2.58. The molecule has 282 valence electrons. The highest BCUT2D eigenvalue weighted by atomic mass is 16.8. The van der Waals surface area contributed by atoms with Gasteiger partial charge in [-0.15, -0.1) is 0 Å². The topological polar surface area (TPSA) is 182 Å². The maximum Gasteiger partial charge on any atom is 0.254 e. The monoisotopic (exact) mass is 685 g/mol. The largest absolute Gasteiger partial charge is 0.341 e. The van der Waals surface area contributed by atoms with Gasteiger partial charge in [0.2, 0.25) is 0 Å². The van der Waals surface area contributed by atoms with Gasteiger partial charge in [0, 0.05) is 26.2 Å². The van der Waals surface area contributed by atoms with Crippen LogP contribution in [0.25, 0.3) is 0 Å². The Labute approximate surface area is 291 Å². The van der Waals surface area contributed by atoms with Crippen LogP contribution in [0.3, 0.4) is 0 Å². The first kappa shape index (κ1) is 42.8. The van der Waals surface area contributed by atoms with E-state index in [0.29, 0.717) is 52.4 Å². The van der Waals surface area contributed by atoms with Crippen LogP contribution in [0.5, 0.6) is 0 Å². The van der Waals surface area contributed by atoms with Crippen molar-refractivity contribution < 1.29 is 28.5 Å². The van der Waals surface area contributed by atoms with Gasteiger partial charge in [-0.25, -0.2) is 0 Å². The molecule has 2 rings (SSSR count). The molecular weight excluding hydrogens is 612 g/mol. The molecule has 2 aliphatic heterocycles. The first-order chi connectivity index (χ1) is 23.0. The van der Waals surface area contributed by atoms with Crippen molar-refractivity contribution in [3.05, 3.63) is 0 Å². The van der Waals surface area contributed by atoms with E-state index in [1.54, 1.807) is 0 Å². The Morgan fingerprint density at radius 3 is 0.938 bits per heavy atom. The quantitative estimate of drug-likeness (QED) is 0.0930. The third-order valence-electron chi connectivity index (χ3n) is 9.22. The molecule has 4 atom stereocenters. The average Bonchev–Trinajstić information content (AvgIpc) is 3.56. The molecule has 2 heterocycles. The van der Waals surface area contributed by atoms with E-state index >= 15 is 0 Å². The zero-order valence-corrected chi connectivity index (χ0v) is 30.9. The van der Waals surface area contributed by atoms with Crippen LogP contribution in [0, 0.1) is 0 Å². The Morgan fingerprint density at radius 2 is 0.688 bits per heavy atom. The number of hydrogen-bond acceptors (Lipinski definition) is 10. The molecule has 12 nitrogen and oxygen atoms in total. The zero-order chi connectivity index (χ0) is 35.4. The lowest BCUT2D eigenvalue weighted by Crippen LogP contribution is -2.54. The van der Waals surface area contributed by atoms with Crippen LogP contribution in [-0.2, 0) is 28.5 Å². The summed E-state index contributed by atoms with van der Waals surface area (Å²) >= 11 is 0. The number of unbranched alkanes of at least 4 members (excludes halogenated alkanes) is 12. The molecule has 2 amide bonds. The molecule has 0 aliphatic carbocycles. The van der Waals surface area contributed by atoms with Crippen LogP contribution in [0.15, 0.2) is 0 Å². The summed E-state index contributed by atoms with van der Waals surface area (Å²) in [6.07, 6.45) is 12.2. The fourth-order valence-electron chi connectivity index (χ4n) is 6.67. The molecule has 2 saturated heterocycles. The molecule has 0 saturated carbocycles. The first-order valence-electron chi connectivity index (χ1n) is 19.1. The fraction of sp³-hybridized carbons (Fsp3) is 0.944. The summed E-state index contributed by atoms with van der Waals surface area (Å²) in [4.78, 5) is 32.5. The van der Waals surface area contributed by atoms with Crippen molar-refractivity contribution in [3.8, 4) is 0 Å². The van der Waals surface area contributed by atoms with E-state index in [0.717, 1.165) is 103 Å². The molecule has 12 heteroatoms. The van der Waals surface area contributed by atoms with Gasteiger partial charge in [0.05, 0.1) is 0 Å². The van der Waals surface area contributed by atoms with Gasteiger partial charge >= 0.3 is 0 Å². The predicted molar refractivity (Wildman–Crippen MR) is 191 cm³/mol. The molecule has 0 spiro atoms. The normalized spacial score (nSPS) is 23.1. The van der Waals surface area contributed by atoms with Crippen molar-refractivity contribution in [2.24, 2.45) is 22.9 Å². The van der Waals surface area contributed by atoms with Gasteiger partial charge in [0.25, 0.3) is 11.8 Å². The molecule has 0 aromatic carbocycles. The minimum absolute atomic E-state index is 0.126. The second kappa shape index (κ2) is 23.2. The highest BCUT2D eigenvalue weighted by molar-refractivity contribution is 5.84. The summed E-state index contributed by atoms with van der Waals surface area (Å²) in [7, 11) is 0. The summed E-state index contributed by atoms with van der Waals surface area (Å²) in [5.41, 5.74) is 22.8. The van der Waals surface area contributed by atoms with Crippen molar-refractivity contribution in [1.82, 2.24) is 9.80 Å². The van der Waals surface area contributed by atoms with Crippen LogP contribution >= 0.6 is 0 Å². The zero-order valence-electron chi connectivity index (χ0n) is 30.9. The smallest absolute Gasteiger partial charge is 0.254 e.